The zero-order chi connectivity index (χ0) is 18.8. The van der Waals surface area contributed by atoms with Crippen molar-refractivity contribution < 1.29 is 9.42 Å². The van der Waals surface area contributed by atoms with Crippen molar-refractivity contribution in [1.29, 1.82) is 0 Å². The summed E-state index contributed by atoms with van der Waals surface area (Å²) in [4.78, 5) is 12.7. The van der Waals surface area contributed by atoms with Crippen LogP contribution in [0.15, 0.2) is 35.0 Å². The summed E-state index contributed by atoms with van der Waals surface area (Å²) in [6.07, 6.45) is 4.19. The Kier molecular flexibility index (Phi) is 4.29. The SMILES string of the molecule is CCCc1c(C(=O)NNC2=CCc3ccccc32)nnn1-c1nonc1N. The number of nitrogen functional groups attached to an aromatic ring is 1. The Morgan fingerprint density at radius 3 is 2.96 bits per heavy atom. The van der Waals surface area contributed by atoms with Crippen molar-refractivity contribution in [3.8, 4) is 5.82 Å². The average Bonchev–Trinajstić information content (AvgIpc) is 3.38. The number of aromatic nitrogens is 5. The number of hydrogen-bond donors (Lipinski definition) is 3. The van der Waals surface area contributed by atoms with Gasteiger partial charge in [0.2, 0.25) is 11.6 Å². The van der Waals surface area contributed by atoms with E-state index in [0.717, 1.165) is 24.1 Å². The van der Waals surface area contributed by atoms with Gasteiger partial charge >= 0.3 is 0 Å². The van der Waals surface area contributed by atoms with Crippen LogP contribution < -0.4 is 16.6 Å². The molecule has 4 rings (SSSR count). The molecule has 2 aromatic heterocycles. The Balaban J connectivity index is 1.54. The minimum absolute atomic E-state index is 0.0788. The molecule has 0 unspecified atom stereocenters. The van der Waals surface area contributed by atoms with Crippen LogP contribution in [0.5, 0.6) is 0 Å². The third-order valence-electron chi connectivity index (χ3n) is 4.31. The normalized spacial score (nSPS) is 12.6. The number of nitrogens with zero attached hydrogens (tertiary/aromatic N) is 5. The molecule has 0 saturated carbocycles. The highest BCUT2D eigenvalue weighted by atomic mass is 16.6. The molecule has 0 spiro atoms. The Hall–Kier alpha value is -3.69. The Morgan fingerprint density at radius 1 is 1.33 bits per heavy atom. The first kappa shape index (κ1) is 16.8. The van der Waals surface area contributed by atoms with Crippen LogP contribution >= 0.6 is 0 Å². The molecule has 1 aliphatic carbocycles. The lowest BCUT2D eigenvalue weighted by atomic mass is 10.1. The summed E-state index contributed by atoms with van der Waals surface area (Å²) in [5.74, 6) is -0.106. The highest BCUT2D eigenvalue weighted by Gasteiger charge is 2.23. The molecule has 0 radical (unpaired) electrons. The highest BCUT2D eigenvalue weighted by molar-refractivity contribution is 5.93. The zero-order valence-electron chi connectivity index (χ0n) is 14.6. The van der Waals surface area contributed by atoms with Crippen LogP contribution in [-0.2, 0) is 12.8 Å². The van der Waals surface area contributed by atoms with Crippen LogP contribution in [0.3, 0.4) is 0 Å². The van der Waals surface area contributed by atoms with Gasteiger partial charge in [-0.15, -0.1) is 5.10 Å². The Bertz CT molecular complexity index is 1020. The summed E-state index contributed by atoms with van der Waals surface area (Å²) in [5.41, 5.74) is 15.3. The molecule has 0 fully saturated rings. The van der Waals surface area contributed by atoms with Gasteiger partial charge in [0.15, 0.2) is 5.69 Å². The second-order valence-electron chi connectivity index (χ2n) is 6.08. The molecular formula is C17H18N8O2. The quantitative estimate of drug-likeness (QED) is 0.550. The monoisotopic (exact) mass is 366 g/mol. The number of nitrogens with one attached hydrogen (secondary N) is 2. The molecule has 27 heavy (non-hydrogen) atoms. The summed E-state index contributed by atoms with van der Waals surface area (Å²) in [6.45, 7) is 1.99. The van der Waals surface area contributed by atoms with Gasteiger partial charge < -0.3 is 5.73 Å². The third kappa shape index (κ3) is 3.01. The van der Waals surface area contributed by atoms with Crippen molar-refractivity contribution in [3.05, 3.63) is 52.9 Å². The number of hydrazine groups is 1. The minimum Gasteiger partial charge on any atom is -0.378 e. The number of fused-ring (bicyclic) bond motifs is 1. The Labute approximate surface area is 154 Å². The summed E-state index contributed by atoms with van der Waals surface area (Å²) in [5, 5.41) is 15.3. The molecule has 2 heterocycles. The van der Waals surface area contributed by atoms with Crippen molar-refractivity contribution in [3.63, 3.8) is 0 Å². The standard InChI is InChI=1S/C17H18N8O2/c1-2-5-13-14(20-24-25(13)16-15(18)22-27-23-16)17(26)21-19-12-9-8-10-6-3-4-7-11(10)12/h3-4,6-7,9,19H,2,5,8H2,1H3,(H2,18,22)(H,21,26). The number of carbonyl (C=O) groups is 1. The first-order valence-corrected chi connectivity index (χ1v) is 8.56. The molecule has 0 atom stereocenters. The second-order valence-corrected chi connectivity index (χ2v) is 6.08. The molecule has 138 valence electrons. The molecule has 0 saturated heterocycles. The third-order valence-corrected chi connectivity index (χ3v) is 4.31. The topological polar surface area (TPSA) is 137 Å². The van der Waals surface area contributed by atoms with Gasteiger partial charge in [-0.25, -0.2) is 4.63 Å². The van der Waals surface area contributed by atoms with E-state index in [1.165, 1.54) is 10.2 Å². The number of allylic oxidation sites excluding steroid dienone is 1. The highest BCUT2D eigenvalue weighted by Crippen LogP contribution is 2.24. The van der Waals surface area contributed by atoms with Gasteiger partial charge in [0, 0.05) is 5.56 Å². The van der Waals surface area contributed by atoms with E-state index in [1.807, 2.05) is 31.2 Å². The molecule has 0 aliphatic heterocycles. The van der Waals surface area contributed by atoms with E-state index in [4.69, 9.17) is 5.73 Å². The van der Waals surface area contributed by atoms with Crippen LogP contribution in [-0.4, -0.2) is 31.2 Å². The van der Waals surface area contributed by atoms with Gasteiger partial charge in [-0.3, -0.25) is 15.6 Å². The maximum atomic E-state index is 12.7. The van der Waals surface area contributed by atoms with E-state index in [1.54, 1.807) is 0 Å². The van der Waals surface area contributed by atoms with E-state index in [0.29, 0.717) is 12.1 Å². The fourth-order valence-electron chi connectivity index (χ4n) is 3.03. The summed E-state index contributed by atoms with van der Waals surface area (Å²) < 4.78 is 6.00. The molecule has 10 nitrogen and oxygen atoms in total. The molecule has 1 aliphatic rings. The maximum Gasteiger partial charge on any atom is 0.292 e. The number of carbonyl (C=O) groups excluding carboxylic acids is 1. The van der Waals surface area contributed by atoms with Crippen LogP contribution in [0.25, 0.3) is 11.5 Å². The summed E-state index contributed by atoms with van der Waals surface area (Å²) >= 11 is 0. The summed E-state index contributed by atoms with van der Waals surface area (Å²) in [6, 6.07) is 8.02. The van der Waals surface area contributed by atoms with Crippen LogP contribution in [0.4, 0.5) is 5.82 Å². The van der Waals surface area contributed by atoms with E-state index in [-0.39, 0.29) is 17.3 Å². The van der Waals surface area contributed by atoms with E-state index in [2.05, 4.69) is 42.2 Å². The molecule has 10 heteroatoms. The molecule has 1 amide bonds. The number of hydrogen-bond acceptors (Lipinski definition) is 8. The summed E-state index contributed by atoms with van der Waals surface area (Å²) in [7, 11) is 0. The first-order valence-electron chi connectivity index (χ1n) is 8.56. The number of rotatable bonds is 6. The second kappa shape index (κ2) is 6.90. The van der Waals surface area contributed by atoms with Crippen molar-refractivity contribution in [2.45, 2.75) is 26.2 Å². The van der Waals surface area contributed by atoms with Gasteiger partial charge in [0.1, 0.15) is 0 Å². The lowest BCUT2D eigenvalue weighted by Crippen LogP contribution is -2.36. The van der Waals surface area contributed by atoms with Crippen molar-refractivity contribution in [1.82, 2.24) is 36.2 Å². The van der Waals surface area contributed by atoms with Crippen LogP contribution in [0.1, 0.15) is 40.7 Å². The number of nitrogens with two attached hydrogens (primary N) is 1. The first-order chi connectivity index (χ1) is 13.2. The number of benzene rings is 1. The minimum atomic E-state index is -0.398. The maximum absolute atomic E-state index is 12.7. The van der Waals surface area contributed by atoms with Crippen molar-refractivity contribution >= 4 is 17.4 Å². The van der Waals surface area contributed by atoms with Crippen molar-refractivity contribution in [2.75, 3.05) is 5.73 Å². The van der Waals surface area contributed by atoms with Crippen LogP contribution in [0.2, 0.25) is 0 Å². The van der Waals surface area contributed by atoms with Crippen molar-refractivity contribution in [2.24, 2.45) is 0 Å². The lowest BCUT2D eigenvalue weighted by Gasteiger charge is -2.10. The fourth-order valence-corrected chi connectivity index (χ4v) is 3.03. The smallest absolute Gasteiger partial charge is 0.292 e. The van der Waals surface area contributed by atoms with Gasteiger partial charge in [0.25, 0.3) is 5.91 Å². The molecule has 3 aromatic rings. The van der Waals surface area contributed by atoms with E-state index < -0.39 is 5.91 Å². The van der Waals surface area contributed by atoms with Gasteiger partial charge in [-0.05, 0) is 28.7 Å². The molecule has 4 N–H and O–H groups in total. The van der Waals surface area contributed by atoms with Crippen LogP contribution in [0, 0.1) is 0 Å². The van der Waals surface area contributed by atoms with E-state index >= 15 is 0 Å². The Morgan fingerprint density at radius 2 is 2.19 bits per heavy atom. The molecule has 0 bridgehead atoms. The number of anilines is 1. The average molecular weight is 366 g/mol. The molecule has 1 aromatic carbocycles. The predicted molar refractivity (Wildman–Crippen MR) is 96.3 cm³/mol. The zero-order valence-corrected chi connectivity index (χ0v) is 14.6. The predicted octanol–water partition coefficient (Wildman–Crippen LogP) is 1.02. The molecular weight excluding hydrogens is 348 g/mol. The van der Waals surface area contributed by atoms with Gasteiger partial charge in [-0.1, -0.05) is 48.9 Å². The largest absolute Gasteiger partial charge is 0.378 e. The van der Waals surface area contributed by atoms with E-state index in [9.17, 15) is 4.79 Å². The fraction of sp³-hybridized carbons (Fsp3) is 0.235. The van der Waals surface area contributed by atoms with Gasteiger partial charge in [-0.2, -0.15) is 4.68 Å². The van der Waals surface area contributed by atoms with Gasteiger partial charge in [0.05, 0.1) is 11.4 Å². The number of amides is 1. The lowest BCUT2D eigenvalue weighted by molar-refractivity contribution is 0.0936.